The molecule has 1 aromatic carbocycles. The fourth-order valence-corrected chi connectivity index (χ4v) is 1.59. The second-order valence-corrected chi connectivity index (χ2v) is 4.92. The molecule has 0 aliphatic heterocycles. The first kappa shape index (κ1) is 12.4. The fraction of sp³-hybridized carbons (Fsp3) is 0.333. The molecule has 1 atom stereocenters. The van der Waals surface area contributed by atoms with Gasteiger partial charge in [-0.25, -0.2) is 0 Å². The van der Waals surface area contributed by atoms with Gasteiger partial charge in [0.1, 0.15) is 5.75 Å². The lowest BCUT2D eigenvalue weighted by molar-refractivity contribution is 0.326. The molecule has 0 radical (unpaired) electrons. The minimum atomic E-state index is -3.34. The van der Waals surface area contributed by atoms with Gasteiger partial charge in [0.05, 0.1) is 22.3 Å². The maximum Gasteiger partial charge on any atom is 0.264 e. The van der Waals surface area contributed by atoms with Gasteiger partial charge < -0.3 is 4.52 Å². The SMILES string of the molecule is CS(=O)(=O)OCCc1ccc(OP)cc1. The highest BCUT2D eigenvalue weighted by atomic mass is 32.2. The summed E-state index contributed by atoms with van der Waals surface area (Å²) in [6.45, 7) is 0.167. The Labute approximate surface area is 92.0 Å². The van der Waals surface area contributed by atoms with Gasteiger partial charge in [-0.15, -0.1) is 0 Å². The summed E-state index contributed by atoms with van der Waals surface area (Å²) in [6.07, 6.45) is 1.60. The van der Waals surface area contributed by atoms with Crippen LogP contribution in [0.25, 0.3) is 0 Å². The van der Waals surface area contributed by atoms with Crippen molar-refractivity contribution in [2.24, 2.45) is 0 Å². The van der Waals surface area contributed by atoms with Gasteiger partial charge in [0, 0.05) is 0 Å². The first-order chi connectivity index (χ1) is 7.01. The average Bonchev–Trinajstić information content (AvgIpc) is 2.17. The molecule has 1 unspecified atom stereocenters. The van der Waals surface area contributed by atoms with Gasteiger partial charge in [-0.2, -0.15) is 8.42 Å². The molecular weight excluding hydrogens is 235 g/mol. The maximum absolute atomic E-state index is 10.7. The topological polar surface area (TPSA) is 52.6 Å². The van der Waals surface area contributed by atoms with E-state index in [9.17, 15) is 8.42 Å². The summed E-state index contributed by atoms with van der Waals surface area (Å²) in [5.41, 5.74) is 1.00. The first-order valence-corrected chi connectivity index (χ1v) is 6.60. The zero-order chi connectivity index (χ0) is 11.3. The van der Waals surface area contributed by atoms with E-state index in [0.29, 0.717) is 6.42 Å². The van der Waals surface area contributed by atoms with E-state index in [4.69, 9.17) is 4.52 Å². The average molecular weight is 248 g/mol. The summed E-state index contributed by atoms with van der Waals surface area (Å²) < 4.78 is 30.9. The van der Waals surface area contributed by atoms with Crippen molar-refractivity contribution < 1.29 is 17.1 Å². The Hall–Kier alpha value is -0.640. The molecule has 4 nitrogen and oxygen atoms in total. The normalized spacial score (nSPS) is 11.3. The Balaban J connectivity index is 2.45. The molecular formula is C9H13O4PS. The van der Waals surface area contributed by atoms with E-state index in [1.54, 1.807) is 0 Å². The summed E-state index contributed by atoms with van der Waals surface area (Å²) in [4.78, 5) is 0. The fourth-order valence-electron chi connectivity index (χ4n) is 1.05. The molecule has 84 valence electrons. The molecule has 15 heavy (non-hydrogen) atoms. The summed E-state index contributed by atoms with van der Waals surface area (Å²) in [7, 11) is -1.18. The monoisotopic (exact) mass is 248 g/mol. The predicted molar refractivity (Wildman–Crippen MR) is 61.3 cm³/mol. The molecule has 0 aliphatic rings. The van der Waals surface area contributed by atoms with E-state index in [2.05, 4.69) is 13.6 Å². The van der Waals surface area contributed by atoms with Crippen LogP contribution < -0.4 is 4.52 Å². The van der Waals surface area contributed by atoms with Crippen molar-refractivity contribution in [2.75, 3.05) is 12.9 Å². The Morgan fingerprint density at radius 2 is 1.87 bits per heavy atom. The summed E-state index contributed by atoms with van der Waals surface area (Å²) >= 11 is 0. The van der Waals surface area contributed by atoms with Crippen molar-refractivity contribution in [2.45, 2.75) is 6.42 Å². The van der Waals surface area contributed by atoms with Crippen LogP contribution in [-0.2, 0) is 20.7 Å². The van der Waals surface area contributed by atoms with Crippen molar-refractivity contribution in [3.8, 4) is 5.75 Å². The molecule has 0 spiro atoms. The maximum atomic E-state index is 10.7. The van der Waals surface area contributed by atoms with Gasteiger partial charge in [0.15, 0.2) is 0 Å². The molecule has 0 saturated heterocycles. The quantitative estimate of drug-likeness (QED) is 0.583. The van der Waals surface area contributed by atoms with Gasteiger partial charge in [-0.3, -0.25) is 4.18 Å². The third-order valence-corrected chi connectivity index (χ3v) is 2.61. The van der Waals surface area contributed by atoms with Gasteiger partial charge in [-0.05, 0) is 24.1 Å². The Morgan fingerprint density at radius 1 is 1.27 bits per heavy atom. The van der Waals surface area contributed by atoms with Crippen molar-refractivity contribution in [3.63, 3.8) is 0 Å². The molecule has 0 saturated carbocycles. The van der Waals surface area contributed by atoms with Gasteiger partial charge in [0.25, 0.3) is 10.1 Å². The summed E-state index contributed by atoms with van der Waals surface area (Å²) in [6, 6.07) is 7.35. The van der Waals surface area contributed by atoms with Crippen LogP contribution in [0, 0.1) is 0 Å². The van der Waals surface area contributed by atoms with Crippen LogP contribution in [0.2, 0.25) is 0 Å². The van der Waals surface area contributed by atoms with E-state index in [0.717, 1.165) is 17.6 Å². The Kier molecular flexibility index (Phi) is 4.51. The zero-order valence-corrected chi connectivity index (χ0v) is 10.3. The van der Waals surface area contributed by atoms with E-state index in [1.165, 1.54) is 0 Å². The Bertz CT molecular complexity index is 399. The standard InChI is InChI=1S/C9H13O4PS/c1-15(10,11)12-7-6-8-2-4-9(13-14)5-3-8/h2-5H,6-7,14H2,1H3. The minimum Gasteiger partial charge on any atom is -0.480 e. The largest absolute Gasteiger partial charge is 0.480 e. The third kappa shape index (κ3) is 5.11. The van der Waals surface area contributed by atoms with E-state index >= 15 is 0 Å². The van der Waals surface area contributed by atoms with Gasteiger partial charge in [-0.1, -0.05) is 12.1 Å². The Morgan fingerprint density at radius 3 is 2.33 bits per heavy atom. The minimum absolute atomic E-state index is 0.167. The van der Waals surface area contributed by atoms with Crippen LogP contribution in [0.1, 0.15) is 5.56 Å². The molecule has 0 amide bonds. The highest BCUT2D eigenvalue weighted by Gasteiger charge is 2.01. The smallest absolute Gasteiger partial charge is 0.264 e. The summed E-state index contributed by atoms with van der Waals surface area (Å²) in [5, 5.41) is 0. The highest BCUT2D eigenvalue weighted by molar-refractivity contribution is 7.85. The van der Waals surface area contributed by atoms with Crippen LogP contribution >= 0.6 is 9.47 Å². The second-order valence-electron chi connectivity index (χ2n) is 3.04. The predicted octanol–water partition coefficient (Wildman–Crippen LogP) is 1.37. The molecule has 0 bridgehead atoms. The second kappa shape index (κ2) is 5.45. The van der Waals surface area contributed by atoms with Crippen LogP contribution in [0.15, 0.2) is 24.3 Å². The van der Waals surface area contributed by atoms with Crippen molar-refractivity contribution in [1.29, 1.82) is 0 Å². The molecule has 1 aromatic rings. The number of rotatable bonds is 5. The lowest BCUT2D eigenvalue weighted by Crippen LogP contribution is -2.06. The zero-order valence-electron chi connectivity index (χ0n) is 8.34. The molecule has 0 aliphatic carbocycles. The third-order valence-electron chi connectivity index (χ3n) is 1.75. The van der Waals surface area contributed by atoms with Crippen LogP contribution in [0.3, 0.4) is 0 Å². The lowest BCUT2D eigenvalue weighted by Gasteiger charge is -2.03. The summed E-state index contributed by atoms with van der Waals surface area (Å²) in [5.74, 6) is 0.743. The lowest BCUT2D eigenvalue weighted by atomic mass is 10.2. The van der Waals surface area contributed by atoms with Crippen molar-refractivity contribution >= 4 is 19.6 Å². The molecule has 6 heteroatoms. The van der Waals surface area contributed by atoms with E-state index < -0.39 is 10.1 Å². The molecule has 0 N–H and O–H groups in total. The van der Waals surface area contributed by atoms with Crippen molar-refractivity contribution in [3.05, 3.63) is 29.8 Å². The molecule has 0 fully saturated rings. The van der Waals surface area contributed by atoms with E-state index in [-0.39, 0.29) is 6.61 Å². The molecule has 0 aromatic heterocycles. The van der Waals surface area contributed by atoms with Gasteiger partial charge in [0.2, 0.25) is 0 Å². The van der Waals surface area contributed by atoms with Crippen molar-refractivity contribution in [1.82, 2.24) is 0 Å². The highest BCUT2D eigenvalue weighted by Crippen LogP contribution is 2.14. The molecule has 0 heterocycles. The number of benzene rings is 1. The molecule has 1 rings (SSSR count). The van der Waals surface area contributed by atoms with Crippen LogP contribution in [0.4, 0.5) is 0 Å². The van der Waals surface area contributed by atoms with Crippen LogP contribution in [-0.4, -0.2) is 21.3 Å². The number of hydrogen-bond donors (Lipinski definition) is 0. The van der Waals surface area contributed by atoms with E-state index in [1.807, 2.05) is 24.3 Å². The first-order valence-electron chi connectivity index (χ1n) is 4.31. The number of hydrogen-bond acceptors (Lipinski definition) is 4. The van der Waals surface area contributed by atoms with Crippen LogP contribution in [0.5, 0.6) is 5.75 Å². The van der Waals surface area contributed by atoms with Gasteiger partial charge >= 0.3 is 0 Å².